The third-order valence-corrected chi connectivity index (χ3v) is 7.45. The standard InChI is InChI=1S/C28H24N2O5S/c1-18(31)29(21-15-9-4-10-16-21)24-26(33)30-23(22(32)17-36-27(24)30)28(34)35-25(19-11-5-2-6-12-19)20-13-7-3-8-14-20/h2-16,24-25,27,32H,17H2,1H3/t24-,27-/m1/s1. The third-order valence-electron chi connectivity index (χ3n) is 6.19. The number of nitrogens with zero attached hydrogens (tertiary/aromatic N) is 2. The van der Waals surface area contributed by atoms with Crippen LogP contribution in [0.4, 0.5) is 5.69 Å². The fourth-order valence-corrected chi connectivity index (χ4v) is 5.80. The van der Waals surface area contributed by atoms with E-state index in [0.29, 0.717) is 5.69 Å². The van der Waals surface area contributed by atoms with Crippen molar-refractivity contribution in [1.82, 2.24) is 4.90 Å². The van der Waals surface area contributed by atoms with E-state index in [0.717, 1.165) is 11.1 Å². The molecule has 2 heterocycles. The number of rotatable bonds is 6. The molecule has 5 rings (SSSR count). The molecular weight excluding hydrogens is 476 g/mol. The summed E-state index contributed by atoms with van der Waals surface area (Å²) >= 11 is 1.30. The first-order valence-electron chi connectivity index (χ1n) is 11.5. The van der Waals surface area contributed by atoms with E-state index in [9.17, 15) is 19.5 Å². The minimum Gasteiger partial charge on any atom is -0.509 e. The molecule has 1 N–H and O–H groups in total. The molecule has 1 saturated heterocycles. The number of thioether (sulfide) groups is 1. The van der Waals surface area contributed by atoms with Gasteiger partial charge in [0.15, 0.2) is 11.8 Å². The van der Waals surface area contributed by atoms with Crippen LogP contribution in [-0.2, 0) is 19.1 Å². The van der Waals surface area contributed by atoms with Crippen LogP contribution in [0.25, 0.3) is 0 Å². The first-order chi connectivity index (χ1) is 17.5. The molecule has 0 aliphatic carbocycles. The van der Waals surface area contributed by atoms with E-state index >= 15 is 0 Å². The van der Waals surface area contributed by atoms with Crippen LogP contribution in [0.1, 0.15) is 24.2 Å². The van der Waals surface area contributed by atoms with Gasteiger partial charge in [0.2, 0.25) is 5.91 Å². The Morgan fingerprint density at radius 2 is 1.47 bits per heavy atom. The van der Waals surface area contributed by atoms with Crippen LogP contribution in [0.3, 0.4) is 0 Å². The first kappa shape index (κ1) is 23.7. The molecule has 8 heteroatoms. The molecule has 0 saturated carbocycles. The Kier molecular flexibility index (Phi) is 6.52. The van der Waals surface area contributed by atoms with Crippen molar-refractivity contribution in [3.63, 3.8) is 0 Å². The van der Waals surface area contributed by atoms with Crippen molar-refractivity contribution in [2.45, 2.75) is 24.4 Å². The molecule has 2 aliphatic heterocycles. The van der Waals surface area contributed by atoms with Crippen molar-refractivity contribution < 1.29 is 24.2 Å². The van der Waals surface area contributed by atoms with Gasteiger partial charge in [-0.05, 0) is 23.3 Å². The number of anilines is 1. The Morgan fingerprint density at radius 3 is 2.00 bits per heavy atom. The number of hydrogen-bond donors (Lipinski definition) is 1. The molecule has 0 radical (unpaired) electrons. The van der Waals surface area contributed by atoms with Gasteiger partial charge in [-0.15, -0.1) is 11.8 Å². The second-order valence-electron chi connectivity index (χ2n) is 8.48. The van der Waals surface area contributed by atoms with E-state index in [-0.39, 0.29) is 23.1 Å². The maximum absolute atomic E-state index is 13.5. The highest BCUT2D eigenvalue weighted by atomic mass is 32.2. The molecule has 36 heavy (non-hydrogen) atoms. The van der Waals surface area contributed by atoms with E-state index in [1.165, 1.54) is 28.5 Å². The molecule has 3 aromatic carbocycles. The van der Waals surface area contributed by atoms with Gasteiger partial charge in [0.05, 0.1) is 5.75 Å². The minimum absolute atomic E-state index is 0.122. The Hall–Kier alpha value is -4.04. The Labute approximate surface area is 213 Å². The van der Waals surface area contributed by atoms with Crippen LogP contribution < -0.4 is 4.90 Å². The molecule has 3 aromatic rings. The van der Waals surface area contributed by atoms with Gasteiger partial charge in [-0.1, -0.05) is 78.9 Å². The number of ether oxygens (including phenoxy) is 1. The summed E-state index contributed by atoms with van der Waals surface area (Å²) in [7, 11) is 0. The number of carbonyl (C=O) groups excluding carboxylic acids is 3. The Balaban J connectivity index is 1.43. The molecule has 2 aliphatic rings. The molecular formula is C28H24N2O5S. The fraction of sp³-hybridized carbons (Fsp3) is 0.179. The van der Waals surface area contributed by atoms with Crippen molar-refractivity contribution in [1.29, 1.82) is 0 Å². The molecule has 0 unspecified atom stereocenters. The predicted molar refractivity (Wildman–Crippen MR) is 137 cm³/mol. The summed E-state index contributed by atoms with van der Waals surface area (Å²) in [4.78, 5) is 42.1. The van der Waals surface area contributed by atoms with Gasteiger partial charge in [-0.3, -0.25) is 19.4 Å². The predicted octanol–water partition coefficient (Wildman–Crippen LogP) is 4.43. The smallest absolute Gasteiger partial charge is 0.359 e. The zero-order chi connectivity index (χ0) is 25.2. The second-order valence-corrected chi connectivity index (χ2v) is 9.59. The second kappa shape index (κ2) is 9.91. The summed E-state index contributed by atoms with van der Waals surface area (Å²) in [5.74, 6) is -1.62. The number of aliphatic hydroxyl groups is 1. The third kappa shape index (κ3) is 4.24. The molecule has 0 aromatic heterocycles. The maximum atomic E-state index is 13.5. The normalized spacial score (nSPS) is 18.9. The lowest BCUT2D eigenvalue weighted by molar-refractivity contribution is -0.154. The summed E-state index contributed by atoms with van der Waals surface area (Å²) in [5, 5.41) is 10.1. The number of carbonyl (C=O) groups is 3. The quantitative estimate of drug-likeness (QED) is 0.398. The van der Waals surface area contributed by atoms with Crippen LogP contribution >= 0.6 is 11.8 Å². The summed E-state index contributed by atoms with van der Waals surface area (Å²) in [5.41, 5.74) is 1.95. The van der Waals surface area contributed by atoms with E-state index in [4.69, 9.17) is 4.74 Å². The summed E-state index contributed by atoms with van der Waals surface area (Å²) in [6.45, 7) is 1.41. The van der Waals surface area contributed by atoms with Gasteiger partial charge in [0.1, 0.15) is 17.2 Å². The van der Waals surface area contributed by atoms with Gasteiger partial charge in [-0.25, -0.2) is 4.79 Å². The topological polar surface area (TPSA) is 87.2 Å². The zero-order valence-electron chi connectivity index (χ0n) is 19.5. The van der Waals surface area contributed by atoms with Crippen LogP contribution in [0, 0.1) is 0 Å². The van der Waals surface area contributed by atoms with Crippen molar-refractivity contribution in [3.05, 3.63) is 114 Å². The Morgan fingerprint density at radius 1 is 0.944 bits per heavy atom. The van der Waals surface area contributed by atoms with Crippen molar-refractivity contribution in [2.24, 2.45) is 0 Å². The van der Waals surface area contributed by atoms with Crippen LogP contribution in [0.2, 0.25) is 0 Å². The van der Waals surface area contributed by atoms with Crippen molar-refractivity contribution in [3.8, 4) is 0 Å². The molecule has 182 valence electrons. The van der Waals surface area contributed by atoms with Crippen molar-refractivity contribution in [2.75, 3.05) is 10.7 Å². The lowest BCUT2D eigenvalue weighted by Gasteiger charge is -2.52. The fourth-order valence-electron chi connectivity index (χ4n) is 4.55. The van der Waals surface area contributed by atoms with Gasteiger partial charge in [0, 0.05) is 12.6 Å². The average Bonchev–Trinajstić information content (AvgIpc) is 2.91. The number of β-lactam (4-membered cyclic amide) rings is 1. The van der Waals surface area contributed by atoms with Crippen LogP contribution in [-0.4, -0.2) is 45.0 Å². The number of benzene rings is 3. The number of fused-ring (bicyclic) bond motifs is 1. The number of aliphatic hydroxyl groups excluding tert-OH is 1. The van der Waals surface area contributed by atoms with Crippen LogP contribution in [0.5, 0.6) is 0 Å². The summed E-state index contributed by atoms with van der Waals surface area (Å²) in [6.07, 6.45) is -0.724. The largest absolute Gasteiger partial charge is 0.509 e. The maximum Gasteiger partial charge on any atom is 0.359 e. The highest BCUT2D eigenvalue weighted by Gasteiger charge is 2.57. The van der Waals surface area contributed by atoms with Gasteiger partial charge in [0.25, 0.3) is 5.91 Å². The molecule has 1 fully saturated rings. The zero-order valence-corrected chi connectivity index (χ0v) is 20.3. The van der Waals surface area contributed by atoms with Gasteiger partial charge < -0.3 is 9.84 Å². The van der Waals surface area contributed by atoms with Crippen molar-refractivity contribution >= 4 is 35.2 Å². The van der Waals surface area contributed by atoms with Gasteiger partial charge >= 0.3 is 5.97 Å². The molecule has 7 nitrogen and oxygen atoms in total. The van der Waals surface area contributed by atoms with Crippen LogP contribution in [0.15, 0.2) is 102 Å². The monoisotopic (exact) mass is 500 g/mol. The SMILES string of the molecule is CC(=O)N(c1ccccc1)[C@@H]1C(=O)N2C(C(=O)OC(c3ccccc3)c3ccccc3)=C(O)CS[C@H]12. The number of esters is 1. The number of amides is 2. The highest BCUT2D eigenvalue weighted by molar-refractivity contribution is 8.00. The summed E-state index contributed by atoms with van der Waals surface area (Å²) < 4.78 is 5.92. The molecule has 2 atom stereocenters. The van der Waals surface area contributed by atoms with E-state index < -0.39 is 29.4 Å². The van der Waals surface area contributed by atoms with E-state index in [1.807, 2.05) is 66.7 Å². The molecule has 0 bridgehead atoms. The molecule has 2 amide bonds. The minimum atomic E-state index is -0.795. The number of para-hydroxylation sites is 1. The van der Waals surface area contributed by atoms with Gasteiger partial charge in [-0.2, -0.15) is 0 Å². The molecule has 0 spiro atoms. The Bertz CT molecular complexity index is 1270. The summed E-state index contributed by atoms with van der Waals surface area (Å²) in [6, 6.07) is 26.7. The lowest BCUT2D eigenvalue weighted by atomic mass is 10.0. The average molecular weight is 501 g/mol. The number of hydrogen-bond acceptors (Lipinski definition) is 6. The van der Waals surface area contributed by atoms with E-state index in [2.05, 4.69) is 0 Å². The highest BCUT2D eigenvalue weighted by Crippen LogP contribution is 2.44. The first-order valence-corrected chi connectivity index (χ1v) is 12.5. The lowest BCUT2D eigenvalue weighted by Crippen LogP contribution is -2.71. The van der Waals surface area contributed by atoms with E-state index in [1.54, 1.807) is 24.3 Å².